The Labute approximate surface area is 188 Å². The van der Waals surface area contributed by atoms with Crippen LogP contribution in [0, 0.1) is 0 Å². The minimum atomic E-state index is -3.60. The monoisotopic (exact) mass is 469 g/mol. The van der Waals surface area contributed by atoms with Crippen LogP contribution in [0.1, 0.15) is 10.4 Å². The molecule has 0 spiro atoms. The third kappa shape index (κ3) is 4.05. The Morgan fingerprint density at radius 3 is 2.56 bits per heavy atom. The molecule has 3 heterocycles. The Hall–Kier alpha value is -3.05. The number of nitrogens with one attached hydrogen (secondary N) is 1. The maximum atomic E-state index is 12.7. The summed E-state index contributed by atoms with van der Waals surface area (Å²) in [4.78, 5) is 17.2. The minimum absolute atomic E-state index is 0.150. The molecular weight excluding hydrogens is 450 g/mol. The van der Waals surface area contributed by atoms with Crippen LogP contribution >= 0.6 is 11.3 Å². The highest BCUT2D eigenvalue weighted by atomic mass is 32.2. The lowest BCUT2D eigenvalue weighted by molar-refractivity contribution is 0.0730. The van der Waals surface area contributed by atoms with Crippen LogP contribution in [0.4, 0.5) is 5.13 Å². The fourth-order valence-corrected chi connectivity index (χ4v) is 5.54. The van der Waals surface area contributed by atoms with Gasteiger partial charge in [-0.25, -0.2) is 13.4 Å². The molecule has 164 valence electrons. The molecule has 8 nitrogen and oxygen atoms in total. The second kappa shape index (κ2) is 8.47. The maximum Gasteiger partial charge on any atom is 0.257 e. The van der Waals surface area contributed by atoms with Crippen molar-refractivity contribution in [1.82, 2.24) is 9.29 Å². The second-order valence-electron chi connectivity index (χ2n) is 7.18. The van der Waals surface area contributed by atoms with E-state index < -0.39 is 10.0 Å². The number of thiazole rings is 1. The van der Waals surface area contributed by atoms with Crippen molar-refractivity contribution in [1.29, 1.82) is 0 Å². The number of hydrogen-bond donors (Lipinski definition) is 1. The van der Waals surface area contributed by atoms with Gasteiger partial charge < -0.3 is 9.15 Å². The number of benzene rings is 2. The van der Waals surface area contributed by atoms with E-state index >= 15 is 0 Å². The Bertz CT molecular complexity index is 1340. The van der Waals surface area contributed by atoms with E-state index in [-0.39, 0.29) is 10.8 Å². The Morgan fingerprint density at radius 2 is 1.81 bits per heavy atom. The summed E-state index contributed by atoms with van der Waals surface area (Å²) in [5.41, 5.74) is 1.74. The average Bonchev–Trinajstić information content (AvgIpc) is 3.46. The van der Waals surface area contributed by atoms with Crippen molar-refractivity contribution in [2.24, 2.45) is 0 Å². The first kappa shape index (κ1) is 20.8. The normalized spacial score (nSPS) is 15.1. The van der Waals surface area contributed by atoms with Gasteiger partial charge in [0.2, 0.25) is 10.0 Å². The lowest BCUT2D eigenvalue weighted by Crippen LogP contribution is -2.40. The number of hydrogen-bond acceptors (Lipinski definition) is 7. The number of fused-ring (bicyclic) bond motifs is 1. The van der Waals surface area contributed by atoms with Crippen molar-refractivity contribution in [2.45, 2.75) is 4.90 Å². The van der Waals surface area contributed by atoms with Gasteiger partial charge in [0.15, 0.2) is 10.9 Å². The molecule has 2 aromatic heterocycles. The first-order chi connectivity index (χ1) is 15.5. The lowest BCUT2D eigenvalue weighted by atomic mass is 10.2. The SMILES string of the molecule is O=C(Nc1nc(-c2cc3ccccc3o2)cs1)c1ccc(S(=O)(=O)N2CCOCC2)cc1. The number of aromatic nitrogens is 1. The summed E-state index contributed by atoms with van der Waals surface area (Å²) in [6, 6.07) is 15.5. The molecule has 0 bridgehead atoms. The smallest absolute Gasteiger partial charge is 0.257 e. The molecule has 1 aliphatic heterocycles. The summed E-state index contributed by atoms with van der Waals surface area (Å²) in [7, 11) is -3.60. The van der Waals surface area contributed by atoms with Gasteiger partial charge in [0.1, 0.15) is 11.3 Å². The molecule has 0 unspecified atom stereocenters. The van der Waals surface area contributed by atoms with Gasteiger partial charge in [-0.1, -0.05) is 18.2 Å². The highest BCUT2D eigenvalue weighted by Gasteiger charge is 2.26. The molecule has 10 heteroatoms. The molecule has 0 radical (unpaired) electrons. The van der Waals surface area contributed by atoms with Crippen molar-refractivity contribution < 1.29 is 22.4 Å². The van der Waals surface area contributed by atoms with Crippen molar-refractivity contribution in [3.63, 3.8) is 0 Å². The van der Waals surface area contributed by atoms with E-state index in [1.165, 1.54) is 39.9 Å². The molecule has 1 fully saturated rings. The van der Waals surface area contributed by atoms with Gasteiger partial charge in [-0.2, -0.15) is 4.31 Å². The zero-order valence-corrected chi connectivity index (χ0v) is 18.5. The lowest BCUT2D eigenvalue weighted by Gasteiger charge is -2.26. The Kier molecular flexibility index (Phi) is 5.51. The van der Waals surface area contributed by atoms with Crippen LogP contribution in [0.3, 0.4) is 0 Å². The quantitative estimate of drug-likeness (QED) is 0.477. The standard InChI is InChI=1S/C22H19N3O5S2/c26-21(15-5-7-17(8-6-15)32(27,28)25-9-11-29-12-10-25)24-22-23-18(14-31-22)20-13-16-3-1-2-4-19(16)30-20/h1-8,13-14H,9-12H2,(H,23,24,26). The third-order valence-electron chi connectivity index (χ3n) is 5.13. The van der Waals surface area contributed by atoms with Gasteiger partial charge >= 0.3 is 0 Å². The third-order valence-corrected chi connectivity index (χ3v) is 7.80. The van der Waals surface area contributed by atoms with Crippen molar-refractivity contribution in [3.05, 3.63) is 65.5 Å². The van der Waals surface area contributed by atoms with E-state index in [9.17, 15) is 13.2 Å². The second-order valence-corrected chi connectivity index (χ2v) is 9.98. The Morgan fingerprint density at radius 1 is 1.06 bits per heavy atom. The van der Waals surface area contributed by atoms with Crippen LogP contribution < -0.4 is 5.32 Å². The number of rotatable bonds is 5. The molecule has 5 rings (SSSR count). The van der Waals surface area contributed by atoms with Crippen LogP contribution in [-0.2, 0) is 14.8 Å². The summed E-state index contributed by atoms with van der Waals surface area (Å²) in [5.74, 6) is 0.256. The zero-order valence-electron chi connectivity index (χ0n) is 16.9. The van der Waals surface area contributed by atoms with Crippen LogP contribution in [0.25, 0.3) is 22.4 Å². The van der Waals surface area contributed by atoms with Gasteiger partial charge in [-0.15, -0.1) is 11.3 Å². The van der Waals surface area contributed by atoms with Crippen LogP contribution in [0.2, 0.25) is 0 Å². The number of sulfonamides is 1. The van der Waals surface area contributed by atoms with Gasteiger partial charge in [0, 0.05) is 29.4 Å². The van der Waals surface area contributed by atoms with E-state index in [0.29, 0.717) is 48.5 Å². The maximum absolute atomic E-state index is 12.7. The van der Waals surface area contributed by atoms with Crippen molar-refractivity contribution in [3.8, 4) is 11.5 Å². The van der Waals surface area contributed by atoms with Crippen LogP contribution in [0.15, 0.2) is 69.3 Å². The van der Waals surface area contributed by atoms with Crippen molar-refractivity contribution >= 4 is 43.4 Å². The van der Waals surface area contributed by atoms with Gasteiger partial charge in [-0.05, 0) is 36.4 Å². The molecule has 0 saturated carbocycles. The first-order valence-corrected chi connectivity index (χ1v) is 12.3. The average molecular weight is 470 g/mol. The number of nitrogens with zero attached hydrogens (tertiary/aromatic N) is 2. The number of carbonyl (C=O) groups excluding carboxylic acids is 1. The summed E-state index contributed by atoms with van der Waals surface area (Å²) >= 11 is 1.29. The molecule has 1 saturated heterocycles. The predicted molar refractivity (Wildman–Crippen MR) is 121 cm³/mol. The number of amides is 1. The largest absolute Gasteiger partial charge is 0.454 e. The van der Waals surface area contributed by atoms with E-state index in [0.717, 1.165) is 11.0 Å². The molecule has 1 N–H and O–H groups in total. The highest BCUT2D eigenvalue weighted by Crippen LogP contribution is 2.30. The molecule has 0 aliphatic carbocycles. The molecule has 1 amide bonds. The predicted octanol–water partition coefficient (Wildman–Crippen LogP) is 3.83. The molecular formula is C22H19N3O5S2. The minimum Gasteiger partial charge on any atom is -0.454 e. The fourth-order valence-electron chi connectivity index (χ4n) is 3.44. The highest BCUT2D eigenvalue weighted by molar-refractivity contribution is 7.89. The number of ether oxygens (including phenoxy) is 1. The molecule has 1 aliphatic rings. The van der Waals surface area contributed by atoms with Gasteiger partial charge in [-0.3, -0.25) is 10.1 Å². The summed E-state index contributed by atoms with van der Waals surface area (Å²) in [5, 5.41) is 5.97. The zero-order chi connectivity index (χ0) is 22.1. The molecule has 2 aromatic carbocycles. The molecule has 4 aromatic rings. The Balaban J connectivity index is 1.29. The van der Waals surface area contributed by atoms with E-state index in [1.54, 1.807) is 0 Å². The summed E-state index contributed by atoms with van der Waals surface area (Å²) in [6.45, 7) is 1.40. The molecule has 32 heavy (non-hydrogen) atoms. The van der Waals surface area contributed by atoms with Gasteiger partial charge in [0.25, 0.3) is 5.91 Å². The number of para-hydroxylation sites is 1. The van der Waals surface area contributed by atoms with E-state index in [2.05, 4.69) is 10.3 Å². The number of carbonyl (C=O) groups is 1. The van der Waals surface area contributed by atoms with E-state index in [1.807, 2.05) is 35.7 Å². The number of furan rings is 1. The molecule has 0 atom stereocenters. The number of anilines is 1. The topological polar surface area (TPSA) is 102 Å². The summed E-state index contributed by atoms with van der Waals surface area (Å²) < 4.78 is 37.8. The van der Waals surface area contributed by atoms with Crippen molar-refractivity contribution in [2.75, 3.05) is 31.6 Å². The fraction of sp³-hybridized carbons (Fsp3) is 0.182. The first-order valence-electron chi connectivity index (χ1n) is 9.94. The van der Waals surface area contributed by atoms with Crippen LogP contribution in [-0.4, -0.2) is 49.9 Å². The number of morpholine rings is 1. The van der Waals surface area contributed by atoms with Crippen LogP contribution in [0.5, 0.6) is 0 Å². The summed E-state index contributed by atoms with van der Waals surface area (Å²) in [6.07, 6.45) is 0. The van der Waals surface area contributed by atoms with E-state index in [4.69, 9.17) is 9.15 Å². The van der Waals surface area contributed by atoms with Gasteiger partial charge in [0.05, 0.1) is 18.1 Å².